The van der Waals surface area contributed by atoms with Gasteiger partial charge < -0.3 is 9.84 Å². The summed E-state index contributed by atoms with van der Waals surface area (Å²) in [6, 6.07) is 8.33. The summed E-state index contributed by atoms with van der Waals surface area (Å²) in [5.74, 6) is -0.917. The standard InChI is InChI=1S/C14H11BrF2O2/c1-19-8-5-6-9(12(17)7-8)14(18)13-10(15)3-2-4-11(13)16/h2-7,14,18H,1H3. The van der Waals surface area contributed by atoms with E-state index in [0.29, 0.717) is 10.2 Å². The Hall–Kier alpha value is -1.46. The zero-order chi connectivity index (χ0) is 14.0. The number of aliphatic hydroxyl groups excluding tert-OH is 1. The van der Waals surface area contributed by atoms with Gasteiger partial charge in [-0.15, -0.1) is 0 Å². The Morgan fingerprint density at radius 3 is 2.47 bits per heavy atom. The van der Waals surface area contributed by atoms with Crippen LogP contribution in [0.5, 0.6) is 5.75 Å². The molecule has 0 aliphatic rings. The van der Waals surface area contributed by atoms with E-state index in [1.54, 1.807) is 6.07 Å². The fraction of sp³-hybridized carbons (Fsp3) is 0.143. The van der Waals surface area contributed by atoms with E-state index in [4.69, 9.17) is 4.74 Å². The average Bonchev–Trinajstić information content (AvgIpc) is 2.38. The smallest absolute Gasteiger partial charge is 0.133 e. The van der Waals surface area contributed by atoms with E-state index in [-0.39, 0.29) is 11.1 Å². The van der Waals surface area contributed by atoms with Gasteiger partial charge in [-0.1, -0.05) is 22.0 Å². The van der Waals surface area contributed by atoms with Crippen molar-refractivity contribution < 1.29 is 18.6 Å². The number of methoxy groups -OCH3 is 1. The highest BCUT2D eigenvalue weighted by Crippen LogP contribution is 2.32. The van der Waals surface area contributed by atoms with Crippen molar-refractivity contribution in [3.63, 3.8) is 0 Å². The van der Waals surface area contributed by atoms with Gasteiger partial charge in [0.05, 0.1) is 7.11 Å². The molecule has 2 aromatic carbocycles. The summed E-state index contributed by atoms with van der Waals surface area (Å²) in [6.45, 7) is 0. The number of aliphatic hydroxyl groups is 1. The SMILES string of the molecule is COc1ccc(C(O)c2c(F)cccc2Br)c(F)c1. The Balaban J connectivity index is 2.47. The number of halogens is 3. The van der Waals surface area contributed by atoms with E-state index in [1.165, 1.54) is 31.4 Å². The van der Waals surface area contributed by atoms with Crippen molar-refractivity contribution >= 4 is 15.9 Å². The van der Waals surface area contributed by atoms with Crippen molar-refractivity contribution in [2.45, 2.75) is 6.10 Å². The van der Waals surface area contributed by atoms with Gasteiger partial charge in [0, 0.05) is 21.7 Å². The van der Waals surface area contributed by atoms with Crippen LogP contribution in [0.25, 0.3) is 0 Å². The Kier molecular flexibility index (Phi) is 4.17. The van der Waals surface area contributed by atoms with Crippen molar-refractivity contribution in [1.29, 1.82) is 0 Å². The number of hydrogen-bond acceptors (Lipinski definition) is 2. The molecule has 0 aromatic heterocycles. The zero-order valence-corrected chi connectivity index (χ0v) is 11.6. The zero-order valence-electron chi connectivity index (χ0n) is 10.0. The maximum absolute atomic E-state index is 13.9. The highest BCUT2D eigenvalue weighted by atomic mass is 79.9. The summed E-state index contributed by atoms with van der Waals surface area (Å²) in [5.41, 5.74) is -0.00170. The fourth-order valence-electron chi connectivity index (χ4n) is 1.78. The first kappa shape index (κ1) is 14.0. The van der Waals surface area contributed by atoms with Crippen LogP contribution in [0.1, 0.15) is 17.2 Å². The molecule has 0 radical (unpaired) electrons. The molecular formula is C14H11BrF2O2. The molecule has 2 rings (SSSR count). The molecule has 1 N–H and O–H groups in total. The van der Waals surface area contributed by atoms with Crippen LogP contribution < -0.4 is 4.74 Å². The molecule has 1 unspecified atom stereocenters. The van der Waals surface area contributed by atoms with Crippen molar-refractivity contribution in [3.05, 3.63) is 63.6 Å². The predicted molar refractivity (Wildman–Crippen MR) is 71.1 cm³/mol. The molecule has 0 aliphatic carbocycles. The van der Waals surface area contributed by atoms with Crippen LogP contribution >= 0.6 is 15.9 Å². The molecule has 5 heteroatoms. The van der Waals surface area contributed by atoms with Crippen LogP contribution in [0.15, 0.2) is 40.9 Å². The number of benzene rings is 2. The predicted octanol–water partition coefficient (Wildman–Crippen LogP) is 3.82. The van der Waals surface area contributed by atoms with Gasteiger partial charge in [0.15, 0.2) is 0 Å². The lowest BCUT2D eigenvalue weighted by molar-refractivity contribution is 0.208. The minimum atomic E-state index is -1.39. The molecule has 2 aromatic rings. The average molecular weight is 329 g/mol. The summed E-state index contributed by atoms with van der Waals surface area (Å²) in [7, 11) is 1.42. The molecular weight excluding hydrogens is 318 g/mol. The molecule has 0 spiro atoms. The Bertz CT molecular complexity index is 582. The van der Waals surface area contributed by atoms with E-state index in [0.717, 1.165) is 6.07 Å². The first-order valence-corrected chi connectivity index (χ1v) is 6.29. The molecule has 0 saturated heterocycles. The van der Waals surface area contributed by atoms with Crippen molar-refractivity contribution in [2.75, 3.05) is 7.11 Å². The second-order valence-corrected chi connectivity index (χ2v) is 4.78. The molecule has 19 heavy (non-hydrogen) atoms. The summed E-state index contributed by atoms with van der Waals surface area (Å²) in [6.07, 6.45) is -1.39. The molecule has 100 valence electrons. The van der Waals surface area contributed by atoms with Crippen LogP contribution in [0.2, 0.25) is 0 Å². The topological polar surface area (TPSA) is 29.5 Å². The summed E-state index contributed by atoms with van der Waals surface area (Å²) >= 11 is 3.15. The third kappa shape index (κ3) is 2.77. The molecule has 0 amide bonds. The maximum Gasteiger partial charge on any atom is 0.133 e. The molecule has 0 heterocycles. The first-order chi connectivity index (χ1) is 9.04. The summed E-state index contributed by atoms with van der Waals surface area (Å²) in [4.78, 5) is 0. The van der Waals surface area contributed by atoms with Crippen LogP contribution in [0.3, 0.4) is 0 Å². The summed E-state index contributed by atoms with van der Waals surface area (Å²) < 4.78 is 32.8. The van der Waals surface area contributed by atoms with Gasteiger partial charge in [0.25, 0.3) is 0 Å². The van der Waals surface area contributed by atoms with E-state index >= 15 is 0 Å². The quantitative estimate of drug-likeness (QED) is 0.928. The molecule has 0 aliphatic heterocycles. The first-order valence-electron chi connectivity index (χ1n) is 5.50. The van der Waals surface area contributed by atoms with Gasteiger partial charge in [0.1, 0.15) is 23.5 Å². The molecule has 0 bridgehead atoms. The van der Waals surface area contributed by atoms with Gasteiger partial charge in [0.2, 0.25) is 0 Å². The minimum absolute atomic E-state index is 0.00608. The van der Waals surface area contributed by atoms with Crippen molar-refractivity contribution in [2.24, 2.45) is 0 Å². The number of rotatable bonds is 3. The number of hydrogen-bond donors (Lipinski definition) is 1. The maximum atomic E-state index is 13.9. The van der Waals surface area contributed by atoms with Crippen LogP contribution in [-0.2, 0) is 0 Å². The largest absolute Gasteiger partial charge is 0.497 e. The molecule has 0 saturated carbocycles. The normalized spacial score (nSPS) is 12.3. The van der Waals surface area contributed by atoms with Gasteiger partial charge in [-0.2, -0.15) is 0 Å². The van der Waals surface area contributed by atoms with Gasteiger partial charge in [-0.25, -0.2) is 8.78 Å². The Morgan fingerprint density at radius 1 is 1.16 bits per heavy atom. The lowest BCUT2D eigenvalue weighted by Gasteiger charge is -2.15. The third-order valence-electron chi connectivity index (χ3n) is 2.78. The Labute approximate surface area is 117 Å². The van der Waals surface area contributed by atoms with Crippen LogP contribution in [-0.4, -0.2) is 12.2 Å². The molecule has 1 atom stereocenters. The monoisotopic (exact) mass is 328 g/mol. The van der Waals surface area contributed by atoms with E-state index in [9.17, 15) is 13.9 Å². The van der Waals surface area contributed by atoms with E-state index in [1.807, 2.05) is 0 Å². The second kappa shape index (κ2) is 5.67. The highest BCUT2D eigenvalue weighted by molar-refractivity contribution is 9.10. The number of ether oxygens (including phenoxy) is 1. The van der Waals surface area contributed by atoms with Gasteiger partial charge in [-0.05, 0) is 24.3 Å². The van der Waals surface area contributed by atoms with E-state index < -0.39 is 17.7 Å². The molecule has 0 fully saturated rings. The third-order valence-corrected chi connectivity index (χ3v) is 3.47. The van der Waals surface area contributed by atoms with Crippen molar-refractivity contribution in [1.82, 2.24) is 0 Å². The van der Waals surface area contributed by atoms with Gasteiger partial charge >= 0.3 is 0 Å². The van der Waals surface area contributed by atoms with Crippen LogP contribution in [0, 0.1) is 11.6 Å². The molecule has 2 nitrogen and oxygen atoms in total. The highest BCUT2D eigenvalue weighted by Gasteiger charge is 2.21. The van der Waals surface area contributed by atoms with Crippen molar-refractivity contribution in [3.8, 4) is 5.75 Å². The lowest BCUT2D eigenvalue weighted by atomic mass is 10.0. The fourth-order valence-corrected chi connectivity index (χ4v) is 2.34. The van der Waals surface area contributed by atoms with E-state index in [2.05, 4.69) is 15.9 Å². The summed E-state index contributed by atoms with van der Waals surface area (Å²) in [5, 5.41) is 10.1. The van der Waals surface area contributed by atoms with Gasteiger partial charge in [-0.3, -0.25) is 0 Å². The lowest BCUT2D eigenvalue weighted by Crippen LogP contribution is -2.06. The Morgan fingerprint density at radius 2 is 1.89 bits per heavy atom. The second-order valence-electron chi connectivity index (χ2n) is 3.93. The van der Waals surface area contributed by atoms with Crippen LogP contribution in [0.4, 0.5) is 8.78 Å². The minimum Gasteiger partial charge on any atom is -0.497 e.